The van der Waals surface area contributed by atoms with Crippen LogP contribution in [0.2, 0.25) is 0 Å². The Morgan fingerprint density at radius 2 is 1.21 bits per heavy atom. The van der Waals surface area contributed by atoms with Gasteiger partial charge in [0.05, 0.1) is 5.08 Å². The highest BCUT2D eigenvalue weighted by Crippen LogP contribution is 2.14. The van der Waals surface area contributed by atoms with E-state index in [0.717, 1.165) is 26.8 Å². The zero-order chi connectivity index (χ0) is 8.10. The zero-order valence-corrected chi connectivity index (χ0v) is 9.02. The van der Waals surface area contributed by atoms with Gasteiger partial charge in [0.2, 0.25) is 0 Å². The first kappa shape index (κ1) is 20.0. The molecule has 0 aromatic heterocycles. The van der Waals surface area contributed by atoms with Crippen molar-refractivity contribution in [2.24, 2.45) is 0 Å². The molecule has 0 radical (unpaired) electrons. The number of thioether (sulfide) groups is 2. The standard InChI is InChI=1S/C5H8N2S4.3CH4/c8-4-6-1-2-7-5(9)11-3-10-4;;;/h1-3H2,(H,6,8)(H,7,9);3*1H4. The maximum atomic E-state index is 5.02. The largest absolute Gasteiger partial charge is 0.369 e. The smallest absolute Gasteiger partial charge is 0.134 e. The summed E-state index contributed by atoms with van der Waals surface area (Å²) >= 11 is 13.3. The SMILES string of the molecule is C.C.C.S=C1NCCNC(=S)SCS1. The Kier molecular flexibility index (Phi) is 16.5. The van der Waals surface area contributed by atoms with E-state index < -0.39 is 0 Å². The molecule has 14 heavy (non-hydrogen) atoms. The fourth-order valence-electron chi connectivity index (χ4n) is 0.568. The molecular formula is C8H20N2S4. The number of nitrogens with one attached hydrogen (secondary N) is 2. The second kappa shape index (κ2) is 11.6. The molecule has 0 atom stereocenters. The normalized spacial score (nSPS) is 16.3. The molecule has 0 aliphatic carbocycles. The Bertz CT molecular complexity index is 155. The summed E-state index contributed by atoms with van der Waals surface area (Å²) in [5.41, 5.74) is 0. The highest BCUT2D eigenvalue weighted by Gasteiger charge is 2.03. The van der Waals surface area contributed by atoms with Crippen LogP contribution in [0, 0.1) is 0 Å². The van der Waals surface area contributed by atoms with Crippen LogP contribution in [0.25, 0.3) is 0 Å². The summed E-state index contributed by atoms with van der Waals surface area (Å²) in [5, 5.41) is 7.11. The second-order valence-electron chi connectivity index (χ2n) is 1.83. The van der Waals surface area contributed by atoms with Crippen molar-refractivity contribution >= 4 is 56.6 Å². The highest BCUT2D eigenvalue weighted by atomic mass is 32.2. The van der Waals surface area contributed by atoms with Crippen LogP contribution in [0.1, 0.15) is 22.3 Å². The number of rotatable bonds is 0. The van der Waals surface area contributed by atoms with Gasteiger partial charge in [-0.15, -0.1) is 0 Å². The third kappa shape index (κ3) is 9.05. The quantitative estimate of drug-likeness (QED) is 0.657. The first-order valence-electron chi connectivity index (χ1n) is 3.10. The van der Waals surface area contributed by atoms with E-state index >= 15 is 0 Å². The average Bonchev–Trinajstić information content (AvgIpc) is 2.04. The van der Waals surface area contributed by atoms with Crippen molar-refractivity contribution < 1.29 is 0 Å². The molecule has 0 aromatic carbocycles. The van der Waals surface area contributed by atoms with Crippen LogP contribution in [0.4, 0.5) is 0 Å². The minimum atomic E-state index is 0. The zero-order valence-electron chi connectivity index (χ0n) is 5.75. The molecule has 1 aliphatic heterocycles. The van der Waals surface area contributed by atoms with Crippen LogP contribution in [-0.4, -0.2) is 26.8 Å². The lowest BCUT2D eigenvalue weighted by atomic mass is 10.6. The molecule has 2 N–H and O–H groups in total. The van der Waals surface area contributed by atoms with Crippen molar-refractivity contribution in [3.63, 3.8) is 0 Å². The van der Waals surface area contributed by atoms with Crippen LogP contribution in [0.3, 0.4) is 0 Å². The first-order valence-corrected chi connectivity index (χ1v) is 5.89. The Labute approximate surface area is 107 Å². The molecule has 1 fully saturated rings. The van der Waals surface area contributed by atoms with Crippen LogP contribution < -0.4 is 10.6 Å². The van der Waals surface area contributed by atoms with Gasteiger partial charge in [-0.3, -0.25) is 0 Å². The van der Waals surface area contributed by atoms with E-state index in [9.17, 15) is 0 Å². The van der Waals surface area contributed by atoms with Gasteiger partial charge >= 0.3 is 0 Å². The summed E-state index contributed by atoms with van der Waals surface area (Å²) in [7, 11) is 0. The molecule has 0 amide bonds. The van der Waals surface area contributed by atoms with E-state index in [1.54, 1.807) is 23.5 Å². The maximum Gasteiger partial charge on any atom is 0.134 e. The molecule has 0 bridgehead atoms. The molecule has 2 nitrogen and oxygen atoms in total. The topological polar surface area (TPSA) is 24.1 Å². The molecule has 0 saturated carbocycles. The van der Waals surface area contributed by atoms with E-state index in [4.69, 9.17) is 24.4 Å². The molecule has 0 unspecified atom stereocenters. The Morgan fingerprint density at radius 1 is 0.857 bits per heavy atom. The fraction of sp³-hybridized carbons (Fsp3) is 0.750. The van der Waals surface area contributed by atoms with Gasteiger partial charge in [0.25, 0.3) is 0 Å². The van der Waals surface area contributed by atoms with E-state index in [2.05, 4.69) is 10.6 Å². The van der Waals surface area contributed by atoms with Gasteiger partial charge in [-0.1, -0.05) is 70.2 Å². The summed E-state index contributed by atoms with van der Waals surface area (Å²) in [5.74, 6) is 0. The Morgan fingerprint density at radius 3 is 1.57 bits per heavy atom. The van der Waals surface area contributed by atoms with Gasteiger partial charge in [-0.2, -0.15) is 0 Å². The Hall–Kier alpha value is 0.480. The van der Waals surface area contributed by atoms with Crippen LogP contribution in [-0.2, 0) is 0 Å². The molecule has 0 spiro atoms. The molecule has 1 rings (SSSR count). The lowest BCUT2D eigenvalue weighted by Gasteiger charge is -2.03. The lowest BCUT2D eigenvalue weighted by molar-refractivity contribution is 0.834. The van der Waals surface area contributed by atoms with Crippen molar-refractivity contribution in [3.8, 4) is 0 Å². The highest BCUT2D eigenvalue weighted by molar-refractivity contribution is 8.35. The van der Waals surface area contributed by atoms with Crippen molar-refractivity contribution in [1.82, 2.24) is 10.6 Å². The molecule has 86 valence electrons. The average molecular weight is 273 g/mol. The number of hydrogen-bond donors (Lipinski definition) is 2. The van der Waals surface area contributed by atoms with E-state index in [1.807, 2.05) is 0 Å². The molecule has 0 aromatic rings. The van der Waals surface area contributed by atoms with Gasteiger partial charge in [0, 0.05) is 13.1 Å². The summed E-state index contributed by atoms with van der Waals surface area (Å²) in [6.07, 6.45) is 0. The Balaban J connectivity index is -0.000000403. The van der Waals surface area contributed by atoms with Crippen molar-refractivity contribution in [3.05, 3.63) is 0 Å². The van der Waals surface area contributed by atoms with Gasteiger partial charge in [-0.05, 0) is 0 Å². The predicted octanol–water partition coefficient (Wildman–Crippen LogP) is 3.08. The van der Waals surface area contributed by atoms with Gasteiger partial charge in [0.1, 0.15) is 8.64 Å². The maximum absolute atomic E-state index is 5.02. The first-order chi connectivity index (χ1) is 5.29. The molecule has 6 heteroatoms. The van der Waals surface area contributed by atoms with E-state index in [0.29, 0.717) is 0 Å². The number of hydrogen-bond acceptors (Lipinski definition) is 4. The van der Waals surface area contributed by atoms with Crippen molar-refractivity contribution in [2.45, 2.75) is 22.3 Å². The predicted molar refractivity (Wildman–Crippen MR) is 81.4 cm³/mol. The van der Waals surface area contributed by atoms with Gasteiger partial charge in [0.15, 0.2) is 0 Å². The summed E-state index contributed by atoms with van der Waals surface area (Å²) in [4.78, 5) is 0. The lowest BCUT2D eigenvalue weighted by Crippen LogP contribution is -2.29. The number of thiocarbonyl (C=S) groups is 2. The minimum absolute atomic E-state index is 0. The van der Waals surface area contributed by atoms with Crippen LogP contribution >= 0.6 is 48.0 Å². The molecular weight excluding hydrogens is 252 g/mol. The van der Waals surface area contributed by atoms with Crippen molar-refractivity contribution in [1.29, 1.82) is 0 Å². The minimum Gasteiger partial charge on any atom is -0.369 e. The monoisotopic (exact) mass is 272 g/mol. The molecule has 1 heterocycles. The third-order valence-electron chi connectivity index (χ3n) is 1.04. The van der Waals surface area contributed by atoms with E-state index in [1.165, 1.54) is 0 Å². The molecule has 1 aliphatic rings. The summed E-state index contributed by atoms with van der Waals surface area (Å²) in [6, 6.07) is 0. The fourth-order valence-corrected chi connectivity index (χ4v) is 3.14. The van der Waals surface area contributed by atoms with Gasteiger partial charge in [-0.25, -0.2) is 0 Å². The molecule has 1 saturated heterocycles. The summed E-state index contributed by atoms with van der Waals surface area (Å²) in [6.45, 7) is 1.71. The van der Waals surface area contributed by atoms with E-state index in [-0.39, 0.29) is 22.3 Å². The van der Waals surface area contributed by atoms with Gasteiger partial charge < -0.3 is 10.6 Å². The third-order valence-corrected chi connectivity index (χ3v) is 3.80. The second-order valence-corrected chi connectivity index (χ2v) is 5.50. The van der Waals surface area contributed by atoms with Crippen molar-refractivity contribution in [2.75, 3.05) is 18.2 Å². The van der Waals surface area contributed by atoms with Crippen LogP contribution in [0.15, 0.2) is 0 Å². The van der Waals surface area contributed by atoms with Crippen LogP contribution in [0.5, 0.6) is 0 Å². The summed E-state index contributed by atoms with van der Waals surface area (Å²) < 4.78 is 1.73.